The van der Waals surface area contributed by atoms with Crippen LogP contribution in [0.4, 0.5) is 17.6 Å². The molecule has 0 fully saturated rings. The van der Waals surface area contributed by atoms with Gasteiger partial charge < -0.3 is 11.5 Å². The predicted octanol–water partition coefficient (Wildman–Crippen LogP) is 3.67. The van der Waals surface area contributed by atoms with Crippen molar-refractivity contribution >= 4 is 23.2 Å². The Bertz CT molecular complexity index is 1090. The maximum atomic E-state index is 14.6. The zero-order chi connectivity index (χ0) is 23.0. The number of guanidine groups is 1. The van der Waals surface area contributed by atoms with Gasteiger partial charge in [-0.25, -0.2) is 9.38 Å². The maximum absolute atomic E-state index is 14.6. The van der Waals surface area contributed by atoms with Gasteiger partial charge >= 0.3 is 6.18 Å². The molecule has 31 heavy (non-hydrogen) atoms. The molecule has 4 N–H and O–H groups in total. The first kappa shape index (κ1) is 22.5. The number of allylic oxidation sites excluding steroid dienone is 2. The highest BCUT2D eigenvalue weighted by molar-refractivity contribution is 7.13. The molecule has 1 aliphatic heterocycles. The van der Waals surface area contributed by atoms with E-state index in [-0.39, 0.29) is 23.5 Å². The molecule has 0 saturated heterocycles. The molecule has 1 aliphatic rings. The molecular formula is C20H19F4N5OS. The summed E-state index contributed by atoms with van der Waals surface area (Å²) in [5, 5.41) is 0. The van der Waals surface area contributed by atoms with Crippen LogP contribution in [0, 0.1) is 5.82 Å². The third-order valence-corrected chi connectivity index (χ3v) is 5.57. The second-order valence-electron chi connectivity index (χ2n) is 6.80. The van der Waals surface area contributed by atoms with E-state index < -0.39 is 29.1 Å². The lowest BCUT2D eigenvalue weighted by Crippen LogP contribution is -2.41. The number of rotatable bonds is 5. The number of benzene rings is 1. The van der Waals surface area contributed by atoms with Gasteiger partial charge in [0.2, 0.25) is 0 Å². The van der Waals surface area contributed by atoms with Crippen molar-refractivity contribution in [2.24, 2.45) is 16.5 Å². The molecule has 11 heteroatoms. The Balaban J connectivity index is 2.33. The van der Waals surface area contributed by atoms with Gasteiger partial charge in [0.1, 0.15) is 11.5 Å². The van der Waals surface area contributed by atoms with Gasteiger partial charge in [0.25, 0.3) is 5.91 Å². The van der Waals surface area contributed by atoms with Crippen molar-refractivity contribution in [2.75, 3.05) is 7.05 Å². The van der Waals surface area contributed by atoms with E-state index in [0.29, 0.717) is 16.5 Å². The van der Waals surface area contributed by atoms with Gasteiger partial charge in [-0.2, -0.15) is 13.2 Å². The van der Waals surface area contributed by atoms with Crippen molar-refractivity contribution in [1.82, 2.24) is 9.88 Å². The largest absolute Gasteiger partial charge is 0.430 e. The van der Waals surface area contributed by atoms with E-state index in [1.54, 1.807) is 12.4 Å². The number of thiazole rings is 1. The summed E-state index contributed by atoms with van der Waals surface area (Å²) >= 11 is 1.24. The van der Waals surface area contributed by atoms with E-state index in [1.807, 2.05) is 0 Å². The molecule has 0 bridgehead atoms. The fourth-order valence-electron chi connectivity index (χ4n) is 3.26. The van der Waals surface area contributed by atoms with Crippen molar-refractivity contribution in [1.29, 1.82) is 0 Å². The second kappa shape index (κ2) is 8.14. The van der Waals surface area contributed by atoms with Crippen LogP contribution in [-0.2, 0) is 10.3 Å². The Labute approximate surface area is 179 Å². The van der Waals surface area contributed by atoms with Crippen LogP contribution in [0.25, 0.3) is 10.4 Å². The average molecular weight is 453 g/mol. The SMILES string of the molecule is CC/C=C(\C=C(/N)C(F)(F)F)C1(c2cc(F)cc(-c3cncs3)c2)N=C(N)N(C)C1=O. The number of amides is 1. The lowest BCUT2D eigenvalue weighted by atomic mass is 9.80. The van der Waals surface area contributed by atoms with Gasteiger partial charge in [-0.05, 0) is 47.4 Å². The molecule has 1 aromatic carbocycles. The number of aliphatic imine (C=N–C) groups is 1. The fraction of sp³-hybridized carbons (Fsp3) is 0.250. The van der Waals surface area contributed by atoms with Gasteiger partial charge in [-0.15, -0.1) is 11.3 Å². The summed E-state index contributed by atoms with van der Waals surface area (Å²) in [4.78, 5) is 23.1. The topological polar surface area (TPSA) is 97.6 Å². The normalized spacial score (nSPS) is 20.4. The monoisotopic (exact) mass is 453 g/mol. The van der Waals surface area contributed by atoms with Crippen LogP contribution in [0.1, 0.15) is 18.9 Å². The molecule has 1 atom stereocenters. The standard InChI is InChI=1S/C20H19F4N5OS/c1-3-4-12(8-16(25)20(22,23)24)19(17(30)29(2)18(26)28-19)13-5-11(6-14(21)7-13)15-9-27-10-31-15/h4-10H,3,25H2,1-2H3,(H2,26,28)/b12-4+,16-8-. The fourth-order valence-corrected chi connectivity index (χ4v) is 3.87. The molecule has 2 heterocycles. The molecule has 164 valence electrons. The summed E-state index contributed by atoms with van der Waals surface area (Å²) in [6.07, 6.45) is -1.01. The summed E-state index contributed by atoms with van der Waals surface area (Å²) in [6.45, 7) is 1.68. The molecule has 1 aromatic heterocycles. The molecule has 1 unspecified atom stereocenters. The molecule has 1 amide bonds. The summed E-state index contributed by atoms with van der Waals surface area (Å²) in [5.41, 5.74) is 9.49. The van der Waals surface area contributed by atoms with E-state index in [0.717, 1.165) is 11.0 Å². The minimum Gasteiger partial charge on any atom is -0.395 e. The molecule has 6 nitrogen and oxygen atoms in total. The van der Waals surface area contributed by atoms with E-state index in [9.17, 15) is 22.4 Å². The lowest BCUT2D eigenvalue weighted by molar-refractivity contribution is -0.129. The van der Waals surface area contributed by atoms with E-state index in [1.165, 1.54) is 42.8 Å². The quantitative estimate of drug-likeness (QED) is 0.533. The molecule has 0 aliphatic carbocycles. The second-order valence-corrected chi connectivity index (χ2v) is 7.69. The van der Waals surface area contributed by atoms with Crippen molar-refractivity contribution in [3.63, 3.8) is 0 Å². The molecule has 0 spiro atoms. The van der Waals surface area contributed by atoms with Crippen molar-refractivity contribution in [2.45, 2.75) is 25.1 Å². The van der Waals surface area contributed by atoms with Crippen LogP contribution in [0.15, 0.2) is 58.3 Å². The Hall–Kier alpha value is -3.21. The number of carbonyl (C=O) groups is 1. The number of nitrogens with two attached hydrogens (primary N) is 2. The first-order valence-corrected chi connectivity index (χ1v) is 9.97. The van der Waals surface area contributed by atoms with E-state index >= 15 is 0 Å². The highest BCUT2D eigenvalue weighted by Crippen LogP contribution is 2.43. The van der Waals surface area contributed by atoms with Gasteiger partial charge in [0.15, 0.2) is 11.5 Å². The lowest BCUT2D eigenvalue weighted by Gasteiger charge is -2.28. The maximum Gasteiger partial charge on any atom is 0.430 e. The molecule has 0 radical (unpaired) electrons. The van der Waals surface area contributed by atoms with Crippen LogP contribution in [-0.4, -0.2) is 35.0 Å². The summed E-state index contributed by atoms with van der Waals surface area (Å²) in [5.74, 6) is -1.63. The van der Waals surface area contributed by atoms with Crippen LogP contribution in [0.5, 0.6) is 0 Å². The van der Waals surface area contributed by atoms with Crippen LogP contribution in [0.2, 0.25) is 0 Å². The van der Waals surface area contributed by atoms with Gasteiger partial charge in [-0.1, -0.05) is 13.0 Å². The average Bonchev–Trinajstić information content (AvgIpc) is 3.30. The number of carbonyl (C=O) groups excluding carboxylic acids is 1. The Morgan fingerprint density at radius 3 is 2.55 bits per heavy atom. The zero-order valence-electron chi connectivity index (χ0n) is 16.6. The number of halogens is 4. The summed E-state index contributed by atoms with van der Waals surface area (Å²) in [7, 11) is 1.34. The third kappa shape index (κ3) is 4.05. The van der Waals surface area contributed by atoms with Gasteiger partial charge in [0.05, 0.1) is 10.4 Å². The van der Waals surface area contributed by atoms with Crippen LogP contribution < -0.4 is 11.5 Å². The highest BCUT2D eigenvalue weighted by atomic mass is 32.1. The molecule has 2 aromatic rings. The zero-order valence-corrected chi connectivity index (χ0v) is 17.4. The third-order valence-electron chi connectivity index (χ3n) is 4.75. The summed E-state index contributed by atoms with van der Waals surface area (Å²) in [6, 6.07) is 3.79. The number of alkyl halides is 3. The first-order chi connectivity index (χ1) is 14.5. The van der Waals surface area contributed by atoms with Crippen LogP contribution in [0.3, 0.4) is 0 Å². The van der Waals surface area contributed by atoms with Crippen molar-refractivity contribution < 1.29 is 22.4 Å². The first-order valence-electron chi connectivity index (χ1n) is 9.09. The van der Waals surface area contributed by atoms with Gasteiger partial charge in [0, 0.05) is 13.2 Å². The number of hydrogen-bond acceptors (Lipinski definition) is 6. The Morgan fingerprint density at radius 2 is 2.03 bits per heavy atom. The minimum absolute atomic E-state index is 0.0270. The smallest absolute Gasteiger partial charge is 0.395 e. The Morgan fingerprint density at radius 1 is 1.32 bits per heavy atom. The highest BCUT2D eigenvalue weighted by Gasteiger charge is 2.51. The number of nitrogens with zero attached hydrogens (tertiary/aromatic N) is 3. The summed E-state index contributed by atoms with van der Waals surface area (Å²) < 4.78 is 54.2. The molecule has 3 rings (SSSR count). The number of aromatic nitrogens is 1. The van der Waals surface area contributed by atoms with Crippen molar-refractivity contribution in [3.8, 4) is 10.4 Å². The molecular weight excluding hydrogens is 434 g/mol. The van der Waals surface area contributed by atoms with E-state index in [2.05, 4.69) is 9.98 Å². The van der Waals surface area contributed by atoms with Crippen molar-refractivity contribution in [3.05, 3.63) is 64.7 Å². The van der Waals surface area contributed by atoms with Crippen LogP contribution >= 0.6 is 11.3 Å². The Kier molecular flexibility index (Phi) is 5.90. The number of hydrogen-bond donors (Lipinski definition) is 2. The van der Waals surface area contributed by atoms with E-state index in [4.69, 9.17) is 11.5 Å². The van der Waals surface area contributed by atoms with Gasteiger partial charge in [-0.3, -0.25) is 14.7 Å². The minimum atomic E-state index is -4.83. The molecule has 0 saturated carbocycles. The predicted molar refractivity (Wildman–Crippen MR) is 110 cm³/mol. The number of likely N-dealkylation sites (N-methyl/N-ethyl adjacent to an activating group) is 1.